The zero-order valence-electron chi connectivity index (χ0n) is 10.3. The van der Waals surface area contributed by atoms with Gasteiger partial charge in [-0.1, -0.05) is 24.3 Å². The molecular formula is C14H17NO3. The second-order valence-electron chi connectivity index (χ2n) is 4.77. The van der Waals surface area contributed by atoms with Crippen molar-refractivity contribution in [2.75, 3.05) is 0 Å². The summed E-state index contributed by atoms with van der Waals surface area (Å²) < 4.78 is 0. The van der Waals surface area contributed by atoms with E-state index in [4.69, 9.17) is 5.11 Å². The first-order valence-electron chi connectivity index (χ1n) is 6.14. The molecule has 18 heavy (non-hydrogen) atoms. The van der Waals surface area contributed by atoms with E-state index in [1.165, 1.54) is 0 Å². The molecule has 0 spiro atoms. The van der Waals surface area contributed by atoms with Crippen LogP contribution in [-0.4, -0.2) is 17.0 Å². The van der Waals surface area contributed by atoms with E-state index in [1.807, 2.05) is 31.2 Å². The highest BCUT2D eigenvalue weighted by atomic mass is 16.4. The Morgan fingerprint density at radius 2 is 1.94 bits per heavy atom. The summed E-state index contributed by atoms with van der Waals surface area (Å²) >= 11 is 0. The molecule has 2 N–H and O–H groups in total. The Bertz CT molecular complexity index is 470. The summed E-state index contributed by atoms with van der Waals surface area (Å²) in [6.45, 7) is 2.46. The Kier molecular flexibility index (Phi) is 3.65. The van der Waals surface area contributed by atoms with Crippen molar-refractivity contribution >= 4 is 11.9 Å². The molecule has 4 heteroatoms. The minimum absolute atomic E-state index is 0.142. The van der Waals surface area contributed by atoms with Gasteiger partial charge in [0.25, 0.3) is 0 Å². The van der Waals surface area contributed by atoms with Gasteiger partial charge in [0, 0.05) is 6.54 Å². The van der Waals surface area contributed by atoms with Crippen molar-refractivity contribution in [2.45, 2.75) is 26.3 Å². The number of carboxylic acids is 1. The normalized spacial score (nSPS) is 22.1. The molecule has 0 saturated heterocycles. The number of hydrogen-bond donors (Lipinski definition) is 2. The van der Waals surface area contributed by atoms with Crippen molar-refractivity contribution in [1.29, 1.82) is 0 Å². The smallest absolute Gasteiger partial charge is 0.307 e. The van der Waals surface area contributed by atoms with Gasteiger partial charge in [-0.25, -0.2) is 0 Å². The predicted molar refractivity (Wildman–Crippen MR) is 66.9 cm³/mol. The summed E-state index contributed by atoms with van der Waals surface area (Å²) in [5.41, 5.74) is 2.19. The van der Waals surface area contributed by atoms with Crippen molar-refractivity contribution < 1.29 is 14.7 Å². The van der Waals surface area contributed by atoms with Crippen LogP contribution in [0.1, 0.15) is 24.0 Å². The lowest BCUT2D eigenvalue weighted by molar-refractivity contribution is -0.152. The molecule has 0 aromatic heterocycles. The number of aryl methyl sites for hydroxylation is 1. The molecule has 1 amide bonds. The van der Waals surface area contributed by atoms with Crippen LogP contribution in [0, 0.1) is 18.8 Å². The Morgan fingerprint density at radius 1 is 1.28 bits per heavy atom. The molecule has 1 aromatic carbocycles. The minimum Gasteiger partial charge on any atom is -0.481 e. The second kappa shape index (κ2) is 5.21. The van der Waals surface area contributed by atoms with E-state index in [0.29, 0.717) is 19.4 Å². The van der Waals surface area contributed by atoms with Gasteiger partial charge in [0.1, 0.15) is 0 Å². The van der Waals surface area contributed by atoms with Crippen LogP contribution in [0.25, 0.3) is 0 Å². The SMILES string of the molecule is Cc1ccccc1CNC(=O)C1CCC1C(=O)O. The number of nitrogens with one attached hydrogen (secondary N) is 1. The summed E-state index contributed by atoms with van der Waals surface area (Å²) in [4.78, 5) is 22.7. The van der Waals surface area contributed by atoms with Crippen LogP contribution in [0.15, 0.2) is 24.3 Å². The molecule has 0 bridgehead atoms. The standard InChI is InChI=1S/C14H17NO3/c1-9-4-2-3-5-10(9)8-15-13(16)11-6-7-12(11)14(17)18/h2-5,11-12H,6-8H2,1H3,(H,15,16)(H,17,18). The Hall–Kier alpha value is -1.84. The number of hydrogen-bond acceptors (Lipinski definition) is 2. The molecule has 1 aliphatic carbocycles. The van der Waals surface area contributed by atoms with E-state index in [9.17, 15) is 9.59 Å². The number of aliphatic carboxylic acids is 1. The van der Waals surface area contributed by atoms with Crippen molar-refractivity contribution in [2.24, 2.45) is 11.8 Å². The van der Waals surface area contributed by atoms with Gasteiger partial charge in [0.2, 0.25) is 5.91 Å². The van der Waals surface area contributed by atoms with E-state index in [1.54, 1.807) is 0 Å². The quantitative estimate of drug-likeness (QED) is 0.851. The van der Waals surface area contributed by atoms with E-state index >= 15 is 0 Å². The van der Waals surface area contributed by atoms with Crippen molar-refractivity contribution in [3.05, 3.63) is 35.4 Å². The van der Waals surface area contributed by atoms with Gasteiger partial charge in [-0.3, -0.25) is 9.59 Å². The molecule has 2 atom stereocenters. The lowest BCUT2D eigenvalue weighted by Gasteiger charge is -2.31. The van der Waals surface area contributed by atoms with Crippen LogP contribution in [0.4, 0.5) is 0 Å². The van der Waals surface area contributed by atoms with E-state index in [-0.39, 0.29) is 11.8 Å². The molecule has 0 radical (unpaired) electrons. The third kappa shape index (κ3) is 2.53. The highest BCUT2D eigenvalue weighted by Gasteiger charge is 2.41. The first kappa shape index (κ1) is 12.6. The number of benzene rings is 1. The minimum atomic E-state index is -0.864. The summed E-state index contributed by atoms with van der Waals surface area (Å²) in [6.07, 6.45) is 1.29. The molecule has 96 valence electrons. The summed E-state index contributed by atoms with van der Waals surface area (Å²) in [5, 5.41) is 11.7. The number of carbonyl (C=O) groups excluding carboxylic acids is 1. The molecule has 0 heterocycles. The number of carboxylic acid groups (broad SMARTS) is 1. The molecule has 4 nitrogen and oxygen atoms in total. The molecule has 1 aliphatic rings. The fourth-order valence-corrected chi connectivity index (χ4v) is 2.23. The average molecular weight is 247 g/mol. The summed E-state index contributed by atoms with van der Waals surface area (Å²) in [7, 11) is 0. The van der Waals surface area contributed by atoms with Gasteiger partial charge in [-0.15, -0.1) is 0 Å². The van der Waals surface area contributed by atoms with Gasteiger partial charge in [-0.05, 0) is 30.9 Å². The maximum atomic E-state index is 11.9. The van der Waals surface area contributed by atoms with Crippen LogP contribution in [0.5, 0.6) is 0 Å². The maximum absolute atomic E-state index is 11.9. The topological polar surface area (TPSA) is 66.4 Å². The van der Waals surface area contributed by atoms with Crippen molar-refractivity contribution in [1.82, 2.24) is 5.32 Å². The number of rotatable bonds is 4. The Morgan fingerprint density at radius 3 is 2.50 bits per heavy atom. The second-order valence-corrected chi connectivity index (χ2v) is 4.77. The Labute approximate surface area is 106 Å². The van der Waals surface area contributed by atoms with E-state index < -0.39 is 11.9 Å². The molecule has 2 unspecified atom stereocenters. The largest absolute Gasteiger partial charge is 0.481 e. The average Bonchev–Trinajstić information content (AvgIpc) is 2.25. The van der Waals surface area contributed by atoms with Gasteiger partial charge in [0.05, 0.1) is 11.8 Å². The highest BCUT2D eigenvalue weighted by molar-refractivity contribution is 5.86. The van der Waals surface area contributed by atoms with Crippen LogP contribution in [-0.2, 0) is 16.1 Å². The Balaban J connectivity index is 1.89. The lowest BCUT2D eigenvalue weighted by Crippen LogP contribution is -2.43. The van der Waals surface area contributed by atoms with Crippen LogP contribution < -0.4 is 5.32 Å². The highest BCUT2D eigenvalue weighted by Crippen LogP contribution is 2.34. The monoisotopic (exact) mass is 247 g/mol. The summed E-state index contributed by atoms with van der Waals surface area (Å²) in [6, 6.07) is 7.83. The van der Waals surface area contributed by atoms with E-state index in [2.05, 4.69) is 5.32 Å². The van der Waals surface area contributed by atoms with Crippen molar-refractivity contribution in [3.63, 3.8) is 0 Å². The van der Waals surface area contributed by atoms with Crippen LogP contribution >= 0.6 is 0 Å². The molecule has 1 aromatic rings. The summed E-state index contributed by atoms with van der Waals surface area (Å²) in [5.74, 6) is -1.86. The van der Waals surface area contributed by atoms with Crippen LogP contribution in [0.2, 0.25) is 0 Å². The third-order valence-corrected chi connectivity index (χ3v) is 3.64. The van der Waals surface area contributed by atoms with Gasteiger partial charge < -0.3 is 10.4 Å². The van der Waals surface area contributed by atoms with E-state index in [0.717, 1.165) is 11.1 Å². The molecule has 1 saturated carbocycles. The molecule has 1 fully saturated rings. The molecular weight excluding hydrogens is 230 g/mol. The van der Waals surface area contributed by atoms with Gasteiger partial charge >= 0.3 is 5.97 Å². The maximum Gasteiger partial charge on any atom is 0.307 e. The zero-order valence-corrected chi connectivity index (χ0v) is 10.3. The van der Waals surface area contributed by atoms with Gasteiger partial charge in [-0.2, -0.15) is 0 Å². The van der Waals surface area contributed by atoms with Crippen LogP contribution in [0.3, 0.4) is 0 Å². The molecule has 0 aliphatic heterocycles. The first-order valence-corrected chi connectivity index (χ1v) is 6.14. The fourth-order valence-electron chi connectivity index (χ4n) is 2.23. The van der Waals surface area contributed by atoms with Crippen molar-refractivity contribution in [3.8, 4) is 0 Å². The number of amides is 1. The molecule has 2 rings (SSSR count). The van der Waals surface area contributed by atoms with Gasteiger partial charge in [0.15, 0.2) is 0 Å². The predicted octanol–water partition coefficient (Wildman–Crippen LogP) is 1.72. The lowest BCUT2D eigenvalue weighted by atomic mass is 9.73. The number of carbonyl (C=O) groups is 2. The zero-order chi connectivity index (χ0) is 13.1. The first-order chi connectivity index (χ1) is 8.59. The third-order valence-electron chi connectivity index (χ3n) is 3.64. The fraction of sp³-hybridized carbons (Fsp3) is 0.429.